The summed E-state index contributed by atoms with van der Waals surface area (Å²) in [6, 6.07) is 6.25. The average molecular weight is 267 g/mol. The van der Waals surface area contributed by atoms with Crippen LogP contribution in [0, 0.1) is 0 Å². The van der Waals surface area contributed by atoms with E-state index in [2.05, 4.69) is 26.2 Å². The highest BCUT2D eigenvalue weighted by Crippen LogP contribution is 2.28. The molecule has 78 valence electrons. The summed E-state index contributed by atoms with van der Waals surface area (Å²) in [4.78, 5) is 4.36. The van der Waals surface area contributed by atoms with Crippen molar-refractivity contribution >= 4 is 27.0 Å². The van der Waals surface area contributed by atoms with Crippen molar-refractivity contribution in [2.24, 2.45) is 0 Å². The third kappa shape index (κ3) is 1.68. The van der Waals surface area contributed by atoms with Gasteiger partial charge in [0.05, 0.1) is 6.04 Å². The lowest BCUT2D eigenvalue weighted by Crippen LogP contribution is -2.11. The van der Waals surface area contributed by atoms with Gasteiger partial charge in [0.1, 0.15) is 15.9 Å². The number of hydrogen-bond donors (Lipinski definition) is 1. The van der Waals surface area contributed by atoms with Crippen LogP contribution in [0.25, 0.3) is 11.1 Å². The molecular weight excluding hydrogens is 256 g/mol. The number of pyridine rings is 1. The van der Waals surface area contributed by atoms with Gasteiger partial charge >= 0.3 is 0 Å². The highest BCUT2D eigenvalue weighted by molar-refractivity contribution is 9.10. The molecule has 1 aliphatic rings. The largest absolute Gasteiger partial charge is 0.458 e. The molecule has 0 amide bonds. The topological polar surface area (TPSA) is 38.1 Å². The number of nitrogens with one attached hydrogen (secondary N) is 1. The van der Waals surface area contributed by atoms with Crippen LogP contribution in [0.5, 0.6) is 0 Å². The van der Waals surface area contributed by atoms with E-state index in [0.717, 1.165) is 34.4 Å². The lowest BCUT2D eigenvalue weighted by molar-refractivity contribution is 0.471. The van der Waals surface area contributed by atoms with Crippen LogP contribution in [0.2, 0.25) is 0 Å². The molecule has 3 rings (SSSR count). The van der Waals surface area contributed by atoms with Gasteiger partial charge in [0.2, 0.25) is 0 Å². The second-order valence-corrected chi connectivity index (χ2v) is 4.63. The van der Waals surface area contributed by atoms with Gasteiger partial charge in [-0.3, -0.25) is 0 Å². The molecule has 0 radical (unpaired) electrons. The Bertz CT molecular complexity index is 488. The Morgan fingerprint density at radius 1 is 1.47 bits per heavy atom. The van der Waals surface area contributed by atoms with E-state index < -0.39 is 0 Å². The zero-order valence-corrected chi connectivity index (χ0v) is 9.75. The van der Waals surface area contributed by atoms with Crippen molar-refractivity contribution in [2.45, 2.75) is 18.9 Å². The molecular formula is C11H11BrN2O. The Morgan fingerprint density at radius 3 is 3.20 bits per heavy atom. The van der Waals surface area contributed by atoms with Gasteiger partial charge in [-0.2, -0.15) is 0 Å². The zero-order valence-electron chi connectivity index (χ0n) is 8.16. The first-order valence-corrected chi connectivity index (χ1v) is 5.91. The molecule has 0 saturated carbocycles. The van der Waals surface area contributed by atoms with Crippen LogP contribution in [0.4, 0.5) is 0 Å². The monoisotopic (exact) mass is 266 g/mol. The van der Waals surface area contributed by atoms with E-state index in [4.69, 9.17) is 4.42 Å². The lowest BCUT2D eigenvalue weighted by atomic mass is 10.2. The molecule has 1 fully saturated rings. The molecule has 0 aromatic carbocycles. The van der Waals surface area contributed by atoms with Crippen molar-refractivity contribution in [1.82, 2.24) is 10.3 Å². The summed E-state index contributed by atoms with van der Waals surface area (Å²) < 4.78 is 6.61. The van der Waals surface area contributed by atoms with Crippen LogP contribution in [-0.4, -0.2) is 11.5 Å². The quantitative estimate of drug-likeness (QED) is 0.807. The minimum atomic E-state index is 0.373. The molecule has 0 bridgehead atoms. The molecule has 3 heterocycles. The highest BCUT2D eigenvalue weighted by atomic mass is 79.9. The normalized spacial score (nSPS) is 21.3. The van der Waals surface area contributed by atoms with E-state index in [-0.39, 0.29) is 0 Å². The molecule has 3 nitrogen and oxygen atoms in total. The number of aromatic nitrogens is 1. The van der Waals surface area contributed by atoms with Crippen molar-refractivity contribution in [3.8, 4) is 0 Å². The van der Waals surface area contributed by atoms with Gasteiger partial charge in [-0.25, -0.2) is 4.98 Å². The highest BCUT2D eigenvalue weighted by Gasteiger charge is 2.20. The molecule has 0 unspecified atom stereocenters. The molecule has 1 aliphatic heterocycles. The van der Waals surface area contributed by atoms with Gasteiger partial charge < -0.3 is 9.73 Å². The average Bonchev–Trinajstić information content (AvgIpc) is 2.84. The van der Waals surface area contributed by atoms with E-state index in [1.54, 1.807) is 0 Å². The van der Waals surface area contributed by atoms with E-state index in [1.807, 2.05) is 18.2 Å². The van der Waals surface area contributed by atoms with E-state index >= 15 is 0 Å². The fourth-order valence-electron chi connectivity index (χ4n) is 2.02. The van der Waals surface area contributed by atoms with Crippen molar-refractivity contribution in [3.63, 3.8) is 0 Å². The molecule has 2 aromatic rings. The third-order valence-electron chi connectivity index (χ3n) is 2.76. The lowest BCUT2D eigenvalue weighted by Gasteiger charge is -2.04. The Labute approximate surface area is 96.0 Å². The van der Waals surface area contributed by atoms with E-state index in [0.29, 0.717) is 6.04 Å². The fraction of sp³-hybridized carbons (Fsp3) is 0.364. The summed E-state index contributed by atoms with van der Waals surface area (Å²) in [6.07, 6.45) is 2.37. The number of furan rings is 1. The second kappa shape index (κ2) is 3.61. The predicted octanol–water partition coefficient (Wildman–Crippen LogP) is 3.01. The Hall–Kier alpha value is -0.870. The summed E-state index contributed by atoms with van der Waals surface area (Å²) in [7, 11) is 0. The van der Waals surface area contributed by atoms with E-state index in [1.165, 1.54) is 6.42 Å². The van der Waals surface area contributed by atoms with Crippen LogP contribution in [-0.2, 0) is 0 Å². The first-order chi connectivity index (χ1) is 7.33. The van der Waals surface area contributed by atoms with Crippen LogP contribution >= 0.6 is 15.9 Å². The van der Waals surface area contributed by atoms with Gasteiger partial charge in [-0.1, -0.05) is 0 Å². The smallest absolute Gasteiger partial charge is 0.152 e. The number of fused-ring (bicyclic) bond motifs is 1. The molecule has 2 aromatic heterocycles. The van der Waals surface area contributed by atoms with Gasteiger partial charge in [-0.05, 0) is 47.4 Å². The number of rotatable bonds is 1. The number of halogens is 1. The number of nitrogens with zero attached hydrogens (tertiary/aromatic N) is 1. The van der Waals surface area contributed by atoms with Crippen LogP contribution in [0.3, 0.4) is 0 Å². The maximum absolute atomic E-state index is 5.76. The first-order valence-electron chi connectivity index (χ1n) is 5.12. The summed E-state index contributed by atoms with van der Waals surface area (Å²) in [5.74, 6) is 1.01. The summed E-state index contributed by atoms with van der Waals surface area (Å²) in [6.45, 7) is 1.08. The van der Waals surface area contributed by atoms with Gasteiger partial charge in [0.25, 0.3) is 0 Å². The van der Waals surface area contributed by atoms with Crippen molar-refractivity contribution in [1.29, 1.82) is 0 Å². The molecule has 1 N–H and O–H groups in total. The molecule has 1 atom stereocenters. The minimum absolute atomic E-state index is 0.373. The standard InChI is InChI=1S/C11H11BrN2O/c12-11-4-3-9-8(14-11)6-10(15-9)7-2-1-5-13-7/h3-4,6-7,13H,1-2,5H2/t7-/m1/s1. The molecule has 4 heteroatoms. The SMILES string of the molecule is Brc1ccc2oc([C@H]3CCCN3)cc2n1. The zero-order chi connectivity index (χ0) is 10.3. The Morgan fingerprint density at radius 2 is 2.40 bits per heavy atom. The van der Waals surface area contributed by atoms with Crippen molar-refractivity contribution in [3.05, 3.63) is 28.6 Å². The molecule has 0 aliphatic carbocycles. The summed E-state index contributed by atoms with van der Waals surface area (Å²) in [5, 5.41) is 3.42. The first kappa shape index (κ1) is 9.36. The summed E-state index contributed by atoms with van der Waals surface area (Å²) in [5.41, 5.74) is 1.79. The molecule has 0 spiro atoms. The van der Waals surface area contributed by atoms with Crippen LogP contribution in [0.15, 0.2) is 27.2 Å². The number of hydrogen-bond acceptors (Lipinski definition) is 3. The van der Waals surface area contributed by atoms with Crippen LogP contribution in [0.1, 0.15) is 24.6 Å². The predicted molar refractivity (Wildman–Crippen MR) is 61.7 cm³/mol. The Kier molecular flexibility index (Phi) is 2.25. The van der Waals surface area contributed by atoms with E-state index in [9.17, 15) is 0 Å². The molecule has 1 saturated heterocycles. The Balaban J connectivity index is 2.05. The van der Waals surface area contributed by atoms with Gasteiger partial charge in [0, 0.05) is 6.07 Å². The van der Waals surface area contributed by atoms with Crippen LogP contribution < -0.4 is 5.32 Å². The maximum Gasteiger partial charge on any atom is 0.152 e. The van der Waals surface area contributed by atoms with Gasteiger partial charge in [0.15, 0.2) is 5.58 Å². The van der Waals surface area contributed by atoms with Crippen molar-refractivity contribution < 1.29 is 4.42 Å². The van der Waals surface area contributed by atoms with Gasteiger partial charge in [-0.15, -0.1) is 0 Å². The maximum atomic E-state index is 5.76. The third-order valence-corrected chi connectivity index (χ3v) is 3.20. The summed E-state index contributed by atoms with van der Waals surface area (Å²) >= 11 is 3.36. The minimum Gasteiger partial charge on any atom is -0.458 e. The van der Waals surface area contributed by atoms with Crippen molar-refractivity contribution in [2.75, 3.05) is 6.54 Å². The fourth-order valence-corrected chi connectivity index (χ4v) is 2.34. The molecule has 15 heavy (non-hydrogen) atoms. The second-order valence-electron chi connectivity index (χ2n) is 3.82.